The molecule has 5 nitrogen and oxygen atoms in total. The van der Waals surface area contributed by atoms with Crippen molar-refractivity contribution in [1.29, 1.82) is 0 Å². The monoisotopic (exact) mass is 362 g/mol. The summed E-state index contributed by atoms with van der Waals surface area (Å²) in [6.45, 7) is 0.0789. The van der Waals surface area contributed by atoms with Gasteiger partial charge in [-0.1, -0.05) is 17.7 Å². The van der Waals surface area contributed by atoms with E-state index in [0.29, 0.717) is 21.2 Å². The second-order valence-corrected chi connectivity index (χ2v) is 6.40. The number of carbonyl (C=O) groups is 1. The van der Waals surface area contributed by atoms with Gasteiger partial charge in [0.15, 0.2) is 0 Å². The minimum Gasteiger partial charge on any atom is -0.368 e. The molecule has 3 N–H and O–H groups in total. The number of thiophene rings is 1. The van der Waals surface area contributed by atoms with Gasteiger partial charge in [-0.05, 0) is 30.3 Å². The Morgan fingerprint density at radius 2 is 2.12 bits per heavy atom. The fourth-order valence-electron chi connectivity index (χ4n) is 2.04. The van der Waals surface area contributed by atoms with E-state index in [2.05, 4.69) is 15.3 Å². The Morgan fingerprint density at radius 1 is 1.29 bits per heavy atom. The normalized spacial score (nSPS) is 10.6. The largest absolute Gasteiger partial charge is 0.368 e. The number of hydrogen-bond donors (Lipinski definition) is 2. The van der Waals surface area contributed by atoms with Crippen LogP contribution in [0.3, 0.4) is 0 Å². The van der Waals surface area contributed by atoms with Crippen molar-refractivity contribution in [1.82, 2.24) is 15.3 Å². The van der Waals surface area contributed by atoms with Crippen LogP contribution in [0.2, 0.25) is 5.02 Å². The number of nitrogen functional groups attached to an aromatic ring is 1. The predicted molar refractivity (Wildman–Crippen MR) is 92.3 cm³/mol. The van der Waals surface area contributed by atoms with Gasteiger partial charge >= 0.3 is 0 Å². The third-order valence-corrected chi connectivity index (χ3v) is 4.55. The van der Waals surface area contributed by atoms with Crippen LogP contribution in [-0.4, -0.2) is 15.9 Å². The van der Waals surface area contributed by atoms with Gasteiger partial charge in [0.25, 0.3) is 5.91 Å². The summed E-state index contributed by atoms with van der Waals surface area (Å²) in [5.41, 5.74) is 6.57. The number of aromatic nitrogens is 2. The molecule has 0 saturated carbocycles. The van der Waals surface area contributed by atoms with Gasteiger partial charge in [-0.25, -0.2) is 14.4 Å². The molecule has 24 heavy (non-hydrogen) atoms. The molecular weight excluding hydrogens is 351 g/mol. The zero-order chi connectivity index (χ0) is 17.1. The second kappa shape index (κ2) is 6.94. The number of hydrogen-bond acceptors (Lipinski definition) is 5. The quantitative estimate of drug-likeness (QED) is 0.744. The summed E-state index contributed by atoms with van der Waals surface area (Å²) < 4.78 is 13.7. The number of carbonyl (C=O) groups excluding carboxylic acids is 1. The third kappa shape index (κ3) is 3.69. The fourth-order valence-corrected chi connectivity index (χ4v) is 3.09. The second-order valence-electron chi connectivity index (χ2n) is 4.88. The van der Waals surface area contributed by atoms with Crippen LogP contribution in [0.25, 0.3) is 10.6 Å². The number of nitrogens with zero attached hydrogens (tertiary/aromatic N) is 2. The maximum Gasteiger partial charge on any atom is 0.261 e. The van der Waals surface area contributed by atoms with E-state index in [-0.39, 0.29) is 18.4 Å². The van der Waals surface area contributed by atoms with Crippen molar-refractivity contribution >= 4 is 34.8 Å². The molecule has 0 fully saturated rings. The van der Waals surface area contributed by atoms with Gasteiger partial charge in [0, 0.05) is 23.3 Å². The summed E-state index contributed by atoms with van der Waals surface area (Å²) >= 11 is 6.97. The first-order chi connectivity index (χ1) is 11.5. The van der Waals surface area contributed by atoms with E-state index in [4.69, 9.17) is 17.3 Å². The summed E-state index contributed by atoms with van der Waals surface area (Å²) in [7, 11) is 0. The van der Waals surface area contributed by atoms with E-state index in [1.54, 1.807) is 36.5 Å². The molecule has 1 amide bonds. The third-order valence-electron chi connectivity index (χ3n) is 3.21. The van der Waals surface area contributed by atoms with Crippen molar-refractivity contribution in [3.05, 3.63) is 63.9 Å². The van der Waals surface area contributed by atoms with Gasteiger partial charge in [-0.15, -0.1) is 11.3 Å². The molecule has 2 heterocycles. The summed E-state index contributed by atoms with van der Waals surface area (Å²) in [5, 5.41) is 3.00. The topological polar surface area (TPSA) is 80.9 Å². The lowest BCUT2D eigenvalue weighted by Gasteiger charge is -2.05. The molecule has 0 unspecified atom stereocenters. The van der Waals surface area contributed by atoms with E-state index < -0.39 is 5.82 Å². The lowest BCUT2D eigenvalue weighted by molar-refractivity contribution is 0.0954. The Bertz CT molecular complexity index is 899. The standard InChI is InChI=1S/C16H12ClFN4OS/c17-10-2-1-9(11(18)7-10)8-21-15(23)14-4-3-13(24-14)12-5-6-20-16(19)22-12/h1-7H,8H2,(H,21,23)(H2,19,20,22). The average molecular weight is 363 g/mol. The van der Waals surface area contributed by atoms with Crippen molar-refractivity contribution < 1.29 is 9.18 Å². The highest BCUT2D eigenvalue weighted by atomic mass is 35.5. The van der Waals surface area contributed by atoms with Crippen LogP contribution in [0, 0.1) is 5.82 Å². The van der Waals surface area contributed by atoms with Gasteiger partial charge in [0.2, 0.25) is 5.95 Å². The Kier molecular flexibility index (Phi) is 4.73. The van der Waals surface area contributed by atoms with Gasteiger partial charge in [0.1, 0.15) is 5.82 Å². The van der Waals surface area contributed by atoms with Gasteiger partial charge in [-0.2, -0.15) is 0 Å². The van der Waals surface area contributed by atoms with E-state index in [0.717, 1.165) is 4.88 Å². The molecule has 0 atom stereocenters. The van der Waals surface area contributed by atoms with Crippen LogP contribution in [0.4, 0.5) is 10.3 Å². The molecular formula is C16H12ClFN4OS. The van der Waals surface area contributed by atoms with Gasteiger partial charge in [-0.3, -0.25) is 4.79 Å². The Balaban J connectivity index is 1.70. The molecule has 3 rings (SSSR count). The van der Waals surface area contributed by atoms with Crippen LogP contribution < -0.4 is 11.1 Å². The molecule has 2 aromatic heterocycles. The predicted octanol–water partition coefficient (Wildman–Crippen LogP) is 3.51. The summed E-state index contributed by atoms with van der Waals surface area (Å²) in [6.07, 6.45) is 1.56. The Hall–Kier alpha value is -2.51. The van der Waals surface area contributed by atoms with E-state index in [9.17, 15) is 9.18 Å². The van der Waals surface area contributed by atoms with Crippen LogP contribution in [-0.2, 0) is 6.54 Å². The number of nitrogens with one attached hydrogen (secondary N) is 1. The lowest BCUT2D eigenvalue weighted by atomic mass is 10.2. The van der Waals surface area contributed by atoms with Crippen molar-refractivity contribution in [3.8, 4) is 10.6 Å². The molecule has 1 aromatic carbocycles. The fraction of sp³-hybridized carbons (Fsp3) is 0.0625. The highest BCUT2D eigenvalue weighted by Gasteiger charge is 2.12. The van der Waals surface area contributed by atoms with Crippen molar-refractivity contribution in [3.63, 3.8) is 0 Å². The molecule has 0 aliphatic carbocycles. The zero-order valence-corrected chi connectivity index (χ0v) is 13.9. The van der Waals surface area contributed by atoms with Crippen molar-refractivity contribution in [2.75, 3.05) is 5.73 Å². The van der Waals surface area contributed by atoms with E-state index in [1.807, 2.05) is 0 Å². The minimum atomic E-state index is -0.453. The average Bonchev–Trinajstić information content (AvgIpc) is 3.04. The highest BCUT2D eigenvalue weighted by Crippen LogP contribution is 2.26. The molecule has 0 spiro atoms. The maximum atomic E-state index is 13.7. The van der Waals surface area contributed by atoms with Gasteiger partial charge < -0.3 is 11.1 Å². The molecule has 0 radical (unpaired) electrons. The molecule has 0 bridgehead atoms. The summed E-state index contributed by atoms with van der Waals surface area (Å²) in [6, 6.07) is 9.52. The van der Waals surface area contributed by atoms with Crippen molar-refractivity contribution in [2.24, 2.45) is 0 Å². The first-order valence-electron chi connectivity index (χ1n) is 6.94. The molecule has 8 heteroatoms. The summed E-state index contributed by atoms with van der Waals surface area (Å²) in [5.74, 6) is -0.570. The highest BCUT2D eigenvalue weighted by molar-refractivity contribution is 7.17. The SMILES string of the molecule is Nc1nccc(-c2ccc(C(=O)NCc3ccc(Cl)cc3F)s2)n1. The van der Waals surface area contributed by atoms with Crippen molar-refractivity contribution in [2.45, 2.75) is 6.54 Å². The number of halogens is 2. The molecule has 122 valence electrons. The maximum absolute atomic E-state index is 13.7. The number of nitrogens with two attached hydrogens (primary N) is 1. The molecule has 3 aromatic rings. The minimum absolute atomic E-state index is 0.0789. The van der Waals surface area contributed by atoms with Gasteiger partial charge in [0.05, 0.1) is 15.4 Å². The van der Waals surface area contributed by atoms with E-state index >= 15 is 0 Å². The first kappa shape index (κ1) is 16.4. The van der Waals surface area contributed by atoms with Crippen LogP contribution >= 0.6 is 22.9 Å². The summed E-state index contributed by atoms with van der Waals surface area (Å²) in [4.78, 5) is 21.4. The first-order valence-corrected chi connectivity index (χ1v) is 8.13. The zero-order valence-electron chi connectivity index (χ0n) is 12.3. The number of rotatable bonds is 4. The number of amides is 1. The number of anilines is 1. The van der Waals surface area contributed by atoms with Crippen LogP contribution in [0.15, 0.2) is 42.6 Å². The Morgan fingerprint density at radius 3 is 2.88 bits per heavy atom. The lowest BCUT2D eigenvalue weighted by Crippen LogP contribution is -2.22. The van der Waals surface area contributed by atoms with Crippen LogP contribution in [0.1, 0.15) is 15.2 Å². The molecule has 0 saturated heterocycles. The molecule has 0 aliphatic rings. The molecule has 0 aliphatic heterocycles. The van der Waals surface area contributed by atoms with Crippen LogP contribution in [0.5, 0.6) is 0 Å². The number of benzene rings is 1. The Labute approximate surface area is 146 Å². The van der Waals surface area contributed by atoms with E-state index in [1.165, 1.54) is 17.4 Å². The smallest absolute Gasteiger partial charge is 0.261 e.